The molecule has 1 aliphatic rings. The molecule has 3 heterocycles. The third kappa shape index (κ3) is 3.33. The number of carbonyl (C=O) groups excluding carboxylic acids is 1. The van der Waals surface area contributed by atoms with Gasteiger partial charge in [-0.25, -0.2) is 9.97 Å². The lowest BCUT2D eigenvalue weighted by molar-refractivity contribution is 0.100. The Morgan fingerprint density at radius 2 is 2.19 bits per heavy atom. The number of aromatic nitrogens is 4. The van der Waals surface area contributed by atoms with E-state index in [4.69, 9.17) is 22.1 Å². The molecule has 0 radical (unpaired) electrons. The zero-order chi connectivity index (χ0) is 19.0. The van der Waals surface area contributed by atoms with Gasteiger partial charge in [-0.3, -0.25) is 4.79 Å². The Hall–Kier alpha value is -3.07. The highest BCUT2D eigenvalue weighted by molar-refractivity contribution is 6.30. The predicted octanol–water partition coefficient (Wildman–Crippen LogP) is 2.59. The van der Waals surface area contributed by atoms with Crippen LogP contribution in [-0.4, -0.2) is 38.6 Å². The van der Waals surface area contributed by atoms with Gasteiger partial charge in [0.05, 0.1) is 11.2 Å². The van der Waals surface area contributed by atoms with Crippen LogP contribution in [0, 0.1) is 0 Å². The molecule has 10 heteroatoms. The number of rotatable bonds is 6. The quantitative estimate of drug-likeness (QED) is 0.594. The molecule has 27 heavy (non-hydrogen) atoms. The third-order valence-electron chi connectivity index (χ3n) is 4.40. The molecular formula is C17H18ClN7O2. The van der Waals surface area contributed by atoms with E-state index in [1.807, 2.05) is 0 Å². The van der Waals surface area contributed by atoms with Crippen molar-refractivity contribution in [3.05, 3.63) is 35.1 Å². The van der Waals surface area contributed by atoms with Crippen LogP contribution < -0.4 is 21.1 Å². The summed E-state index contributed by atoms with van der Waals surface area (Å²) in [7, 11) is 1.75. The Morgan fingerprint density at radius 3 is 2.85 bits per heavy atom. The molecule has 3 aromatic rings. The van der Waals surface area contributed by atoms with E-state index in [-0.39, 0.29) is 11.7 Å². The standard InChI is InChI=1S/C17H18ClN7O2/c1-20-14-6-13(24-16-11(15(19)26)8-22-25(14)16)23-12-5-9(18)7-21-17(12)27-10-3-2-4-10/h5-8,10,20H,2-4H2,1H3,(H2,19,26)(H,23,24). The summed E-state index contributed by atoms with van der Waals surface area (Å²) in [4.78, 5) is 20.4. The number of fused-ring (bicyclic) bond motifs is 1. The first-order chi connectivity index (χ1) is 13.0. The average molecular weight is 388 g/mol. The molecule has 0 atom stereocenters. The van der Waals surface area contributed by atoms with Gasteiger partial charge < -0.3 is 21.1 Å². The summed E-state index contributed by atoms with van der Waals surface area (Å²) in [5.41, 5.74) is 6.58. The third-order valence-corrected chi connectivity index (χ3v) is 4.61. The van der Waals surface area contributed by atoms with E-state index in [1.54, 1.807) is 25.4 Å². The fraction of sp³-hybridized carbons (Fsp3) is 0.294. The molecule has 4 rings (SSSR count). The summed E-state index contributed by atoms with van der Waals surface area (Å²) in [6, 6.07) is 3.47. The number of nitrogens with zero attached hydrogens (tertiary/aromatic N) is 4. The van der Waals surface area contributed by atoms with Crippen LogP contribution in [0.25, 0.3) is 5.65 Å². The molecule has 3 aromatic heterocycles. The van der Waals surface area contributed by atoms with Crippen molar-refractivity contribution in [2.45, 2.75) is 25.4 Å². The number of halogens is 1. The van der Waals surface area contributed by atoms with E-state index in [9.17, 15) is 4.79 Å². The molecule has 140 valence electrons. The molecule has 4 N–H and O–H groups in total. The summed E-state index contributed by atoms with van der Waals surface area (Å²) in [5, 5.41) is 10.8. The van der Waals surface area contributed by atoms with Crippen molar-refractivity contribution < 1.29 is 9.53 Å². The lowest BCUT2D eigenvalue weighted by Gasteiger charge is -2.26. The molecule has 0 aromatic carbocycles. The Labute approximate surface area is 159 Å². The van der Waals surface area contributed by atoms with Crippen molar-refractivity contribution in [1.29, 1.82) is 0 Å². The fourth-order valence-corrected chi connectivity index (χ4v) is 2.93. The zero-order valence-electron chi connectivity index (χ0n) is 14.6. The number of amides is 1. The first kappa shape index (κ1) is 17.3. The zero-order valence-corrected chi connectivity index (χ0v) is 15.3. The van der Waals surface area contributed by atoms with Crippen LogP contribution in [0.3, 0.4) is 0 Å². The molecule has 9 nitrogen and oxygen atoms in total. The summed E-state index contributed by atoms with van der Waals surface area (Å²) in [5.74, 6) is 0.958. The van der Waals surface area contributed by atoms with Crippen LogP contribution in [0.15, 0.2) is 24.5 Å². The molecular weight excluding hydrogens is 370 g/mol. The van der Waals surface area contributed by atoms with Crippen molar-refractivity contribution in [2.24, 2.45) is 5.73 Å². The van der Waals surface area contributed by atoms with Crippen molar-refractivity contribution in [3.8, 4) is 5.88 Å². The van der Waals surface area contributed by atoms with Gasteiger partial charge in [0.2, 0.25) is 5.88 Å². The van der Waals surface area contributed by atoms with Crippen molar-refractivity contribution in [2.75, 3.05) is 17.7 Å². The van der Waals surface area contributed by atoms with Crippen molar-refractivity contribution in [3.63, 3.8) is 0 Å². The van der Waals surface area contributed by atoms with E-state index in [2.05, 4.69) is 25.7 Å². The molecule has 0 unspecified atom stereocenters. The number of ether oxygens (including phenoxy) is 1. The first-order valence-electron chi connectivity index (χ1n) is 8.50. The highest BCUT2D eigenvalue weighted by Gasteiger charge is 2.22. The van der Waals surface area contributed by atoms with E-state index in [0.717, 1.165) is 19.3 Å². The molecule has 1 aliphatic carbocycles. The van der Waals surface area contributed by atoms with E-state index < -0.39 is 5.91 Å². The van der Waals surface area contributed by atoms with Gasteiger partial charge in [-0.05, 0) is 25.3 Å². The number of carbonyl (C=O) groups is 1. The summed E-state index contributed by atoms with van der Waals surface area (Å²) < 4.78 is 7.44. The van der Waals surface area contributed by atoms with Crippen LogP contribution in [-0.2, 0) is 0 Å². The van der Waals surface area contributed by atoms with Crippen LogP contribution in [0.2, 0.25) is 5.02 Å². The van der Waals surface area contributed by atoms with Crippen LogP contribution in [0.4, 0.5) is 17.3 Å². The Morgan fingerprint density at radius 1 is 1.37 bits per heavy atom. The Bertz CT molecular complexity index is 1020. The van der Waals surface area contributed by atoms with Gasteiger partial charge in [-0.1, -0.05) is 11.6 Å². The minimum Gasteiger partial charge on any atom is -0.473 e. The molecule has 1 fully saturated rings. The number of nitrogens with one attached hydrogen (secondary N) is 2. The molecule has 0 spiro atoms. The van der Waals surface area contributed by atoms with Gasteiger partial charge >= 0.3 is 0 Å². The number of primary amides is 1. The van der Waals surface area contributed by atoms with E-state index in [0.29, 0.717) is 33.9 Å². The molecule has 0 bridgehead atoms. The SMILES string of the molecule is CNc1cc(Nc2cc(Cl)cnc2OC2CCC2)nc2c(C(N)=O)cnn12. The van der Waals surface area contributed by atoms with Gasteiger partial charge in [0, 0.05) is 19.3 Å². The smallest absolute Gasteiger partial charge is 0.254 e. The monoisotopic (exact) mass is 387 g/mol. The number of pyridine rings is 1. The van der Waals surface area contributed by atoms with Gasteiger partial charge in [-0.2, -0.15) is 9.61 Å². The van der Waals surface area contributed by atoms with Gasteiger partial charge in [0.25, 0.3) is 5.91 Å². The molecule has 0 saturated heterocycles. The normalized spacial score (nSPS) is 14.0. The fourth-order valence-electron chi connectivity index (χ4n) is 2.77. The van der Waals surface area contributed by atoms with Crippen molar-refractivity contribution in [1.82, 2.24) is 19.6 Å². The lowest BCUT2D eigenvalue weighted by Crippen LogP contribution is -2.25. The highest BCUT2D eigenvalue weighted by Crippen LogP contribution is 2.32. The summed E-state index contributed by atoms with van der Waals surface area (Å²) >= 11 is 6.10. The summed E-state index contributed by atoms with van der Waals surface area (Å²) in [6.07, 6.45) is 6.27. The van der Waals surface area contributed by atoms with Gasteiger partial charge in [0.1, 0.15) is 29.0 Å². The van der Waals surface area contributed by atoms with Crippen LogP contribution >= 0.6 is 11.6 Å². The second-order valence-corrected chi connectivity index (χ2v) is 6.67. The topological polar surface area (TPSA) is 119 Å². The molecule has 0 aliphatic heterocycles. The number of hydrogen-bond acceptors (Lipinski definition) is 7. The second kappa shape index (κ2) is 6.92. The maximum absolute atomic E-state index is 11.6. The van der Waals surface area contributed by atoms with Gasteiger partial charge in [-0.15, -0.1) is 0 Å². The highest BCUT2D eigenvalue weighted by atomic mass is 35.5. The van der Waals surface area contributed by atoms with Crippen LogP contribution in [0.1, 0.15) is 29.6 Å². The Kier molecular flexibility index (Phi) is 4.44. The first-order valence-corrected chi connectivity index (χ1v) is 8.88. The number of nitrogens with two attached hydrogens (primary N) is 1. The largest absolute Gasteiger partial charge is 0.473 e. The Balaban J connectivity index is 1.73. The van der Waals surface area contributed by atoms with Crippen LogP contribution in [0.5, 0.6) is 5.88 Å². The predicted molar refractivity (Wildman–Crippen MR) is 102 cm³/mol. The van der Waals surface area contributed by atoms with E-state index in [1.165, 1.54) is 10.7 Å². The van der Waals surface area contributed by atoms with Gasteiger partial charge in [0.15, 0.2) is 5.65 Å². The average Bonchev–Trinajstić information content (AvgIpc) is 3.03. The van der Waals surface area contributed by atoms with Crippen molar-refractivity contribution >= 4 is 40.5 Å². The minimum absolute atomic E-state index is 0.166. The maximum Gasteiger partial charge on any atom is 0.254 e. The van der Waals surface area contributed by atoms with E-state index >= 15 is 0 Å². The lowest BCUT2D eigenvalue weighted by atomic mass is 9.96. The maximum atomic E-state index is 11.6. The molecule has 1 amide bonds. The summed E-state index contributed by atoms with van der Waals surface area (Å²) in [6.45, 7) is 0. The second-order valence-electron chi connectivity index (χ2n) is 6.24. The number of anilines is 3. The molecule has 1 saturated carbocycles. The minimum atomic E-state index is -0.602. The number of hydrogen-bond donors (Lipinski definition) is 3.